The molecule has 112 valence electrons. The number of hydrogen-bond donors (Lipinski definition) is 1. The van der Waals surface area contributed by atoms with E-state index in [0.29, 0.717) is 6.54 Å². The van der Waals surface area contributed by atoms with Crippen LogP contribution in [0.15, 0.2) is 36.7 Å². The molecule has 0 unspecified atom stereocenters. The molecule has 5 nitrogen and oxygen atoms in total. The Morgan fingerprint density at radius 1 is 1.43 bits per heavy atom. The average Bonchev–Trinajstić information content (AvgIpc) is 2.96. The summed E-state index contributed by atoms with van der Waals surface area (Å²) in [7, 11) is 0. The first-order valence-corrected chi connectivity index (χ1v) is 7.39. The van der Waals surface area contributed by atoms with Crippen LogP contribution in [0.3, 0.4) is 0 Å². The third kappa shape index (κ3) is 3.50. The Kier molecular flexibility index (Phi) is 4.34. The molecule has 1 atom stereocenters. The molecule has 2 aromatic rings. The van der Waals surface area contributed by atoms with Gasteiger partial charge in [0.15, 0.2) is 0 Å². The van der Waals surface area contributed by atoms with Gasteiger partial charge in [-0.2, -0.15) is 5.10 Å². The van der Waals surface area contributed by atoms with E-state index in [1.807, 2.05) is 10.9 Å². The van der Waals surface area contributed by atoms with Crippen molar-refractivity contribution in [1.82, 2.24) is 14.7 Å². The van der Waals surface area contributed by atoms with Crippen LogP contribution in [0.4, 0.5) is 0 Å². The van der Waals surface area contributed by atoms with Crippen molar-refractivity contribution in [3.8, 4) is 5.69 Å². The van der Waals surface area contributed by atoms with Crippen molar-refractivity contribution < 1.29 is 4.74 Å². The first kappa shape index (κ1) is 14.3. The fraction of sp³-hybridized carbons (Fsp3) is 0.438. The van der Waals surface area contributed by atoms with Crippen molar-refractivity contribution >= 4 is 0 Å². The van der Waals surface area contributed by atoms with E-state index in [-0.39, 0.29) is 6.10 Å². The molecule has 0 radical (unpaired) electrons. The van der Waals surface area contributed by atoms with Gasteiger partial charge in [0.2, 0.25) is 0 Å². The van der Waals surface area contributed by atoms with Gasteiger partial charge in [-0.1, -0.05) is 12.1 Å². The highest BCUT2D eigenvalue weighted by Crippen LogP contribution is 2.13. The molecule has 1 aromatic heterocycles. The maximum atomic E-state index is 5.68. The van der Waals surface area contributed by atoms with E-state index in [4.69, 9.17) is 10.5 Å². The second kappa shape index (κ2) is 6.39. The number of nitrogens with zero attached hydrogens (tertiary/aromatic N) is 3. The van der Waals surface area contributed by atoms with E-state index in [1.54, 1.807) is 0 Å². The Balaban J connectivity index is 1.68. The number of rotatable bonds is 4. The SMILES string of the molecule is Cc1cccc(-n2cc(CN3CCO[C@@H](CN)C3)cn2)c1. The molecule has 1 fully saturated rings. The summed E-state index contributed by atoms with van der Waals surface area (Å²) in [5.74, 6) is 0. The summed E-state index contributed by atoms with van der Waals surface area (Å²) in [6.45, 7) is 6.17. The minimum atomic E-state index is 0.158. The van der Waals surface area contributed by atoms with E-state index < -0.39 is 0 Å². The lowest BCUT2D eigenvalue weighted by molar-refractivity contribution is -0.0260. The first-order chi connectivity index (χ1) is 10.2. The molecule has 0 saturated carbocycles. The summed E-state index contributed by atoms with van der Waals surface area (Å²) in [6, 6.07) is 8.35. The predicted octanol–water partition coefficient (Wildman–Crippen LogP) is 1.34. The quantitative estimate of drug-likeness (QED) is 0.921. The minimum Gasteiger partial charge on any atom is -0.374 e. The molecule has 2 heterocycles. The maximum absolute atomic E-state index is 5.68. The molecule has 1 aromatic carbocycles. The van der Waals surface area contributed by atoms with E-state index in [2.05, 4.69) is 47.4 Å². The van der Waals surface area contributed by atoms with Crippen LogP contribution in [0.25, 0.3) is 5.69 Å². The first-order valence-electron chi connectivity index (χ1n) is 7.39. The van der Waals surface area contributed by atoms with Gasteiger partial charge in [0.25, 0.3) is 0 Å². The fourth-order valence-electron chi connectivity index (χ4n) is 2.68. The number of nitrogens with two attached hydrogens (primary N) is 1. The summed E-state index contributed by atoms with van der Waals surface area (Å²) >= 11 is 0. The van der Waals surface area contributed by atoms with Crippen molar-refractivity contribution in [3.63, 3.8) is 0 Å². The van der Waals surface area contributed by atoms with Crippen LogP contribution < -0.4 is 5.73 Å². The lowest BCUT2D eigenvalue weighted by atomic mass is 10.2. The Hall–Kier alpha value is -1.69. The highest BCUT2D eigenvalue weighted by atomic mass is 16.5. The second-order valence-corrected chi connectivity index (χ2v) is 5.60. The van der Waals surface area contributed by atoms with Crippen LogP contribution in [-0.4, -0.2) is 47.0 Å². The van der Waals surface area contributed by atoms with Crippen LogP contribution in [0, 0.1) is 6.92 Å². The summed E-state index contributed by atoms with van der Waals surface area (Å²) in [6.07, 6.45) is 4.20. The zero-order valence-electron chi connectivity index (χ0n) is 12.4. The molecule has 21 heavy (non-hydrogen) atoms. The molecule has 0 bridgehead atoms. The van der Waals surface area contributed by atoms with Gasteiger partial charge in [-0.25, -0.2) is 4.68 Å². The number of aromatic nitrogens is 2. The van der Waals surface area contributed by atoms with E-state index >= 15 is 0 Å². The van der Waals surface area contributed by atoms with Crippen molar-refractivity contribution in [2.45, 2.75) is 19.6 Å². The van der Waals surface area contributed by atoms with E-state index in [0.717, 1.165) is 31.9 Å². The lowest BCUT2D eigenvalue weighted by Gasteiger charge is -2.31. The van der Waals surface area contributed by atoms with Crippen molar-refractivity contribution in [3.05, 3.63) is 47.8 Å². The molecule has 0 spiro atoms. The van der Waals surface area contributed by atoms with Gasteiger partial charge < -0.3 is 10.5 Å². The molecular formula is C16H22N4O. The second-order valence-electron chi connectivity index (χ2n) is 5.60. The van der Waals surface area contributed by atoms with Crippen molar-refractivity contribution in [2.75, 3.05) is 26.2 Å². The molecule has 0 aliphatic carbocycles. The van der Waals surface area contributed by atoms with Gasteiger partial charge in [-0.05, 0) is 24.6 Å². The molecule has 1 aliphatic heterocycles. The lowest BCUT2D eigenvalue weighted by Crippen LogP contribution is -2.45. The Bertz CT molecular complexity index is 595. The van der Waals surface area contributed by atoms with Gasteiger partial charge in [-0.3, -0.25) is 4.90 Å². The topological polar surface area (TPSA) is 56.3 Å². The third-order valence-electron chi connectivity index (χ3n) is 3.79. The van der Waals surface area contributed by atoms with Crippen LogP contribution in [0.5, 0.6) is 0 Å². The largest absolute Gasteiger partial charge is 0.374 e. The summed E-state index contributed by atoms with van der Waals surface area (Å²) in [4.78, 5) is 2.37. The highest BCUT2D eigenvalue weighted by molar-refractivity contribution is 5.35. The normalized spacial score (nSPS) is 19.8. The Morgan fingerprint density at radius 2 is 2.33 bits per heavy atom. The maximum Gasteiger partial charge on any atom is 0.0824 e. The summed E-state index contributed by atoms with van der Waals surface area (Å²) < 4.78 is 7.53. The van der Waals surface area contributed by atoms with Crippen LogP contribution in [-0.2, 0) is 11.3 Å². The number of aryl methyl sites for hydroxylation is 1. The zero-order chi connectivity index (χ0) is 14.7. The van der Waals surface area contributed by atoms with Crippen LogP contribution in [0.1, 0.15) is 11.1 Å². The molecular weight excluding hydrogens is 264 g/mol. The average molecular weight is 286 g/mol. The summed E-state index contributed by atoms with van der Waals surface area (Å²) in [5, 5.41) is 4.47. The third-order valence-corrected chi connectivity index (χ3v) is 3.79. The Labute approximate surface area is 125 Å². The molecule has 1 saturated heterocycles. The number of benzene rings is 1. The number of morpholine rings is 1. The highest BCUT2D eigenvalue weighted by Gasteiger charge is 2.19. The van der Waals surface area contributed by atoms with Crippen LogP contribution in [0.2, 0.25) is 0 Å². The zero-order valence-corrected chi connectivity index (χ0v) is 12.4. The molecule has 1 aliphatic rings. The minimum absolute atomic E-state index is 0.158. The van der Waals surface area contributed by atoms with Gasteiger partial charge >= 0.3 is 0 Å². The van der Waals surface area contributed by atoms with Gasteiger partial charge in [0, 0.05) is 37.9 Å². The fourth-order valence-corrected chi connectivity index (χ4v) is 2.68. The smallest absolute Gasteiger partial charge is 0.0824 e. The van der Waals surface area contributed by atoms with Crippen molar-refractivity contribution in [2.24, 2.45) is 5.73 Å². The van der Waals surface area contributed by atoms with Gasteiger partial charge in [0.1, 0.15) is 0 Å². The standard InChI is InChI=1S/C16H22N4O/c1-13-3-2-4-15(7-13)20-11-14(9-18-20)10-19-5-6-21-16(8-17)12-19/h2-4,7,9,11,16H,5-6,8,10,12,17H2,1H3/t16-/m0/s1. The summed E-state index contributed by atoms with van der Waals surface area (Å²) in [5.41, 5.74) is 9.24. The molecule has 0 amide bonds. The van der Waals surface area contributed by atoms with Crippen LogP contribution >= 0.6 is 0 Å². The van der Waals surface area contributed by atoms with E-state index in [1.165, 1.54) is 11.1 Å². The number of ether oxygens (including phenoxy) is 1. The molecule has 3 rings (SSSR count). The Morgan fingerprint density at radius 3 is 3.14 bits per heavy atom. The predicted molar refractivity (Wildman–Crippen MR) is 82.4 cm³/mol. The molecule has 5 heteroatoms. The van der Waals surface area contributed by atoms with Crippen molar-refractivity contribution in [1.29, 1.82) is 0 Å². The van der Waals surface area contributed by atoms with E-state index in [9.17, 15) is 0 Å². The monoisotopic (exact) mass is 286 g/mol. The molecule has 2 N–H and O–H groups in total. The van der Waals surface area contributed by atoms with Gasteiger partial charge in [-0.15, -0.1) is 0 Å². The van der Waals surface area contributed by atoms with Gasteiger partial charge in [0.05, 0.1) is 24.6 Å². The number of hydrogen-bond acceptors (Lipinski definition) is 4.